The van der Waals surface area contributed by atoms with Crippen LogP contribution in [0.4, 0.5) is 11.4 Å². The van der Waals surface area contributed by atoms with Crippen molar-refractivity contribution in [1.82, 2.24) is 9.88 Å². The number of nitrogens with zero attached hydrogens (tertiary/aromatic N) is 3. The number of aromatic nitrogens is 1. The van der Waals surface area contributed by atoms with Gasteiger partial charge in [-0.25, -0.2) is 4.79 Å². The first-order valence-electron chi connectivity index (χ1n) is 19.1. The van der Waals surface area contributed by atoms with Crippen LogP contribution in [-0.4, -0.2) is 109 Å². The molecule has 8 atom stereocenters. The molecule has 6 rings (SSSR count). The normalized spacial score (nSPS) is 29.7. The minimum atomic E-state index is -1.60. The lowest BCUT2D eigenvalue weighted by molar-refractivity contribution is -0.187. The molecule has 15 heteroatoms. The summed E-state index contributed by atoms with van der Waals surface area (Å²) in [6.45, 7) is 7.00. The Hall–Kier alpha value is -5.02. The van der Waals surface area contributed by atoms with E-state index in [4.69, 9.17) is 41.0 Å². The number of nitrogen functional groups attached to an aromatic ring is 1. The zero-order valence-corrected chi connectivity index (χ0v) is 34.7. The minimum absolute atomic E-state index is 0.0386. The molecule has 4 heterocycles. The van der Waals surface area contributed by atoms with Crippen LogP contribution in [0.3, 0.4) is 0 Å². The van der Waals surface area contributed by atoms with Crippen LogP contribution in [0, 0.1) is 5.92 Å². The van der Waals surface area contributed by atoms with Crippen molar-refractivity contribution in [3.05, 3.63) is 82.5 Å². The Bertz CT molecular complexity index is 2180. The minimum Gasteiger partial charge on any atom is -0.495 e. The number of carbonyl (C=O) groups is 4. The number of ether oxygens (including phenoxy) is 5. The quantitative estimate of drug-likeness (QED) is 0.189. The first kappa shape index (κ1) is 42.6. The maximum Gasteiger partial charge on any atom is 0.328 e. The number of carbonyl (C=O) groups excluding carboxylic acids is 4. The molecule has 2 saturated heterocycles. The van der Waals surface area contributed by atoms with E-state index in [1.807, 2.05) is 19.9 Å². The van der Waals surface area contributed by atoms with Gasteiger partial charge in [0.2, 0.25) is 5.91 Å². The third kappa shape index (κ3) is 8.28. The van der Waals surface area contributed by atoms with Crippen LogP contribution in [0.1, 0.15) is 62.9 Å². The number of allylic oxidation sites excluding steroid dienone is 3. The SMILES string of the molecule is COc1cc2cc(c1Cl)N(C)C(=O)C[C@H](OC(=O)[C@H](C)N(C)C(=O)c1ccc(N)c3ncccc13)[C@]1(C)O[C@H]1[C@H](C)[C@@H]1C[C@@](O)(CC(=O)O1)[C@H](OC)/C=C/C=C(\C)C2. The van der Waals surface area contributed by atoms with Gasteiger partial charge in [0, 0.05) is 50.7 Å². The highest BCUT2D eigenvalue weighted by Gasteiger charge is 2.64. The topological polar surface area (TPSA) is 183 Å². The van der Waals surface area contributed by atoms with Crippen molar-refractivity contribution in [1.29, 1.82) is 0 Å². The summed E-state index contributed by atoms with van der Waals surface area (Å²) in [5.74, 6) is -2.46. The molecule has 2 fully saturated rings. The predicted octanol–water partition coefficient (Wildman–Crippen LogP) is 5.21. The molecule has 2 aromatic carbocycles. The number of rotatable bonds is 6. The molecule has 0 saturated carbocycles. The Balaban J connectivity index is 1.35. The molecule has 3 aliphatic rings. The molecule has 14 nitrogen and oxygen atoms in total. The van der Waals surface area contributed by atoms with Gasteiger partial charge in [-0.15, -0.1) is 0 Å². The van der Waals surface area contributed by atoms with Gasteiger partial charge in [-0.3, -0.25) is 19.4 Å². The van der Waals surface area contributed by atoms with Gasteiger partial charge in [0.15, 0.2) is 0 Å². The Kier molecular flexibility index (Phi) is 12.3. The molecule has 58 heavy (non-hydrogen) atoms. The molecule has 3 N–H and O–H groups in total. The summed E-state index contributed by atoms with van der Waals surface area (Å²) >= 11 is 6.80. The smallest absolute Gasteiger partial charge is 0.328 e. The van der Waals surface area contributed by atoms with E-state index in [-0.39, 0.29) is 24.3 Å². The molecule has 3 aliphatic heterocycles. The van der Waals surface area contributed by atoms with Gasteiger partial charge in [0.1, 0.15) is 46.3 Å². The third-order valence-corrected chi connectivity index (χ3v) is 12.1. The molecule has 3 aromatic rings. The van der Waals surface area contributed by atoms with Crippen LogP contribution in [-0.2, 0) is 39.8 Å². The number of fused-ring (bicyclic) bond motifs is 6. The van der Waals surface area contributed by atoms with Crippen LogP contribution < -0.4 is 15.4 Å². The molecule has 4 bridgehead atoms. The Morgan fingerprint density at radius 1 is 1.19 bits per heavy atom. The molecule has 1 aromatic heterocycles. The summed E-state index contributed by atoms with van der Waals surface area (Å²) in [6, 6.07) is 9.07. The van der Waals surface area contributed by atoms with Crippen LogP contribution in [0.25, 0.3) is 10.9 Å². The number of pyridine rings is 1. The number of hydrogen-bond acceptors (Lipinski definition) is 12. The number of anilines is 2. The summed E-state index contributed by atoms with van der Waals surface area (Å²) < 4.78 is 29.6. The summed E-state index contributed by atoms with van der Waals surface area (Å²) in [5.41, 5.74) is 6.55. The predicted molar refractivity (Wildman–Crippen MR) is 218 cm³/mol. The summed E-state index contributed by atoms with van der Waals surface area (Å²) in [6.07, 6.45) is 3.30. The standard InChI is InChI=1S/C43H51ClN4O10/c1-23-11-9-13-33(55-8)43(53)21-32(56-36(50)22-43)24(2)39-42(4,58-39)34(20-35(49)48(6)30-18-26(17-23)19-31(54-7)37(30)44)57-41(52)25(3)47(5)40(51)28-14-15-29(45)38-27(28)12-10-16-46-38/h9-16,18-19,24-25,32-34,39,53H,17,20-22,45H2,1-8H3/b13-9+,23-11+/t24-,25+,32+,33-,34+,39+,42+,43-/m1/s1. The maximum atomic E-state index is 14.3. The molecular weight excluding hydrogens is 768 g/mol. The third-order valence-electron chi connectivity index (χ3n) is 11.7. The number of halogens is 1. The van der Waals surface area contributed by atoms with Crippen LogP contribution >= 0.6 is 11.6 Å². The van der Waals surface area contributed by atoms with Gasteiger partial charge in [0.25, 0.3) is 5.91 Å². The van der Waals surface area contributed by atoms with Crippen LogP contribution in [0.2, 0.25) is 5.02 Å². The fourth-order valence-electron chi connectivity index (χ4n) is 8.00. The van der Waals surface area contributed by atoms with E-state index in [1.54, 1.807) is 68.7 Å². The summed E-state index contributed by atoms with van der Waals surface area (Å²) in [5, 5.41) is 12.6. The number of amides is 2. The maximum absolute atomic E-state index is 14.3. The number of methoxy groups -OCH3 is 2. The fourth-order valence-corrected chi connectivity index (χ4v) is 8.32. The van der Waals surface area contributed by atoms with Gasteiger partial charge >= 0.3 is 11.9 Å². The summed E-state index contributed by atoms with van der Waals surface area (Å²) in [7, 11) is 6.01. The average Bonchev–Trinajstić information content (AvgIpc) is 3.89. The summed E-state index contributed by atoms with van der Waals surface area (Å²) in [4.78, 5) is 62.3. The highest BCUT2D eigenvalue weighted by atomic mass is 35.5. The lowest BCUT2D eigenvalue weighted by Gasteiger charge is -2.41. The van der Waals surface area contributed by atoms with Crippen LogP contribution in [0.15, 0.2) is 66.4 Å². The molecule has 0 spiro atoms. The second kappa shape index (κ2) is 16.7. The number of nitrogens with two attached hydrogens (primary N) is 1. The highest BCUT2D eigenvalue weighted by molar-refractivity contribution is 6.35. The lowest BCUT2D eigenvalue weighted by atomic mass is 9.78. The highest BCUT2D eigenvalue weighted by Crippen LogP contribution is 2.50. The monoisotopic (exact) mass is 818 g/mol. The van der Waals surface area contributed by atoms with E-state index < -0.39 is 71.3 Å². The lowest BCUT2D eigenvalue weighted by Crippen LogP contribution is -2.53. The van der Waals surface area contributed by atoms with Gasteiger partial charge in [-0.2, -0.15) is 0 Å². The van der Waals surface area contributed by atoms with Crippen molar-refractivity contribution >= 4 is 57.6 Å². The van der Waals surface area contributed by atoms with E-state index in [0.29, 0.717) is 40.0 Å². The molecule has 0 unspecified atom stereocenters. The van der Waals surface area contributed by atoms with Gasteiger partial charge in [-0.1, -0.05) is 48.4 Å². The number of likely N-dealkylation sites (N-methyl/N-ethyl adjacent to an activating group) is 1. The average molecular weight is 819 g/mol. The molecule has 0 radical (unpaired) electrons. The first-order chi connectivity index (χ1) is 27.4. The zero-order valence-electron chi connectivity index (χ0n) is 34.0. The van der Waals surface area contributed by atoms with Crippen molar-refractivity contribution in [2.24, 2.45) is 5.92 Å². The Morgan fingerprint density at radius 2 is 1.93 bits per heavy atom. The number of epoxide rings is 1. The van der Waals surface area contributed by atoms with E-state index in [1.165, 1.54) is 38.0 Å². The van der Waals surface area contributed by atoms with E-state index in [0.717, 1.165) is 11.1 Å². The van der Waals surface area contributed by atoms with E-state index in [9.17, 15) is 24.3 Å². The Labute approximate surface area is 342 Å². The van der Waals surface area contributed by atoms with Crippen molar-refractivity contribution in [2.45, 2.75) is 95.0 Å². The number of esters is 2. The molecular formula is C43H51ClN4O10. The molecule has 0 aliphatic carbocycles. The molecule has 2 amide bonds. The van der Waals surface area contributed by atoms with Crippen molar-refractivity contribution in [3.63, 3.8) is 0 Å². The number of aliphatic hydroxyl groups is 1. The molecule has 310 valence electrons. The van der Waals surface area contributed by atoms with Crippen molar-refractivity contribution in [3.8, 4) is 5.75 Å². The van der Waals surface area contributed by atoms with E-state index in [2.05, 4.69) is 4.98 Å². The van der Waals surface area contributed by atoms with Gasteiger partial charge in [-0.05, 0) is 63.1 Å². The van der Waals surface area contributed by atoms with Gasteiger partial charge < -0.3 is 44.3 Å². The van der Waals surface area contributed by atoms with Crippen molar-refractivity contribution < 1.29 is 48.0 Å². The first-order valence-corrected chi connectivity index (χ1v) is 19.5. The van der Waals surface area contributed by atoms with Crippen LogP contribution in [0.5, 0.6) is 5.75 Å². The largest absolute Gasteiger partial charge is 0.495 e. The Morgan fingerprint density at radius 3 is 2.64 bits per heavy atom. The van der Waals surface area contributed by atoms with Crippen molar-refractivity contribution in [2.75, 3.05) is 38.9 Å². The number of benzene rings is 2. The zero-order chi connectivity index (χ0) is 42.3. The van der Waals surface area contributed by atoms with E-state index >= 15 is 0 Å². The van der Waals surface area contributed by atoms with Gasteiger partial charge in [0.05, 0.1) is 42.9 Å². The number of hydrogen-bond donors (Lipinski definition) is 2. The second-order valence-electron chi connectivity index (χ2n) is 15.7. The fraction of sp³-hybridized carbons (Fsp3) is 0.465. The second-order valence-corrected chi connectivity index (χ2v) is 16.1.